The highest BCUT2D eigenvalue weighted by Crippen LogP contribution is 2.37. The van der Waals surface area contributed by atoms with Gasteiger partial charge in [0.05, 0.1) is 13.2 Å². The van der Waals surface area contributed by atoms with Gasteiger partial charge in [0.2, 0.25) is 0 Å². The second kappa shape index (κ2) is 5.68. The molecule has 3 fully saturated rings. The minimum absolute atomic E-state index is 0.241. The van der Waals surface area contributed by atoms with Crippen molar-refractivity contribution in [1.82, 2.24) is 4.90 Å². The molecule has 3 unspecified atom stereocenters. The molecule has 3 aliphatic rings. The molecular weight excluding hydrogens is 240 g/mol. The molecule has 19 heavy (non-hydrogen) atoms. The van der Waals surface area contributed by atoms with Gasteiger partial charge in [-0.2, -0.15) is 0 Å². The molecule has 0 aromatic rings. The Labute approximate surface area is 116 Å². The quantitative estimate of drug-likeness (QED) is 0.826. The summed E-state index contributed by atoms with van der Waals surface area (Å²) < 4.78 is 11.6. The molecule has 3 rings (SSSR count). The van der Waals surface area contributed by atoms with Gasteiger partial charge in [-0.05, 0) is 31.2 Å². The number of rotatable bonds is 2. The normalized spacial score (nSPS) is 39.8. The summed E-state index contributed by atoms with van der Waals surface area (Å²) in [5.41, 5.74) is 5.99. The molecule has 0 amide bonds. The zero-order valence-electron chi connectivity index (χ0n) is 12.1. The molecule has 3 atom stereocenters. The van der Waals surface area contributed by atoms with Crippen LogP contribution in [-0.2, 0) is 9.47 Å². The topological polar surface area (TPSA) is 47.7 Å². The van der Waals surface area contributed by atoms with Crippen LogP contribution in [0.4, 0.5) is 0 Å². The standard InChI is InChI=1S/C15H28N2O2/c1-12-2-3-13(11-16)14(10-12)17-6-4-15(5-7-17)18-8-9-19-15/h12-14H,2-11,16H2,1H3. The Hall–Kier alpha value is -0.160. The maximum atomic E-state index is 5.99. The Kier molecular flexibility index (Phi) is 4.13. The second-order valence-electron chi connectivity index (χ2n) is 6.62. The fourth-order valence-corrected chi connectivity index (χ4v) is 4.12. The van der Waals surface area contributed by atoms with Crippen molar-refractivity contribution in [3.8, 4) is 0 Å². The first-order valence-electron chi connectivity index (χ1n) is 7.94. The van der Waals surface area contributed by atoms with Crippen LogP contribution in [0.3, 0.4) is 0 Å². The number of hydrogen-bond donors (Lipinski definition) is 1. The van der Waals surface area contributed by atoms with Gasteiger partial charge in [-0.15, -0.1) is 0 Å². The van der Waals surface area contributed by atoms with E-state index in [0.717, 1.165) is 51.6 Å². The van der Waals surface area contributed by atoms with Crippen molar-refractivity contribution < 1.29 is 9.47 Å². The van der Waals surface area contributed by atoms with E-state index in [1.54, 1.807) is 0 Å². The highest BCUT2D eigenvalue weighted by molar-refractivity contribution is 4.91. The molecule has 2 saturated heterocycles. The first-order valence-corrected chi connectivity index (χ1v) is 7.94. The molecule has 1 aliphatic carbocycles. The maximum Gasteiger partial charge on any atom is 0.170 e. The van der Waals surface area contributed by atoms with E-state index in [1.165, 1.54) is 19.3 Å². The fraction of sp³-hybridized carbons (Fsp3) is 1.00. The van der Waals surface area contributed by atoms with Crippen LogP contribution >= 0.6 is 0 Å². The number of nitrogens with two attached hydrogens (primary N) is 1. The number of ether oxygens (including phenoxy) is 2. The van der Waals surface area contributed by atoms with Crippen LogP contribution in [0.25, 0.3) is 0 Å². The largest absolute Gasteiger partial charge is 0.347 e. The van der Waals surface area contributed by atoms with E-state index in [9.17, 15) is 0 Å². The first kappa shape index (κ1) is 13.8. The molecule has 0 aromatic heterocycles. The molecule has 1 spiro atoms. The number of likely N-dealkylation sites (tertiary alicyclic amines) is 1. The first-order chi connectivity index (χ1) is 9.22. The van der Waals surface area contributed by atoms with E-state index in [2.05, 4.69) is 11.8 Å². The minimum atomic E-state index is -0.241. The Balaban J connectivity index is 1.60. The number of hydrogen-bond acceptors (Lipinski definition) is 4. The molecule has 1 saturated carbocycles. The lowest BCUT2D eigenvalue weighted by Crippen LogP contribution is -2.53. The summed E-state index contributed by atoms with van der Waals surface area (Å²) in [6.45, 7) is 6.97. The van der Waals surface area contributed by atoms with Crippen LogP contribution in [0, 0.1) is 11.8 Å². The third-order valence-electron chi connectivity index (χ3n) is 5.36. The molecule has 2 heterocycles. The van der Waals surface area contributed by atoms with Crippen molar-refractivity contribution in [1.29, 1.82) is 0 Å². The molecular formula is C15H28N2O2. The molecule has 2 N–H and O–H groups in total. The number of piperidine rings is 1. The van der Waals surface area contributed by atoms with Crippen molar-refractivity contribution in [2.45, 2.75) is 50.9 Å². The van der Waals surface area contributed by atoms with Gasteiger partial charge in [0.1, 0.15) is 0 Å². The molecule has 0 bridgehead atoms. The molecule has 4 heteroatoms. The highest BCUT2D eigenvalue weighted by atomic mass is 16.7. The van der Waals surface area contributed by atoms with Crippen LogP contribution in [0.15, 0.2) is 0 Å². The number of nitrogens with zero attached hydrogens (tertiary/aromatic N) is 1. The van der Waals surface area contributed by atoms with Crippen LogP contribution in [-0.4, -0.2) is 49.6 Å². The van der Waals surface area contributed by atoms with Crippen LogP contribution in [0.5, 0.6) is 0 Å². The predicted molar refractivity (Wildman–Crippen MR) is 74.8 cm³/mol. The Morgan fingerprint density at radius 2 is 1.84 bits per heavy atom. The summed E-state index contributed by atoms with van der Waals surface area (Å²) >= 11 is 0. The second-order valence-corrected chi connectivity index (χ2v) is 6.62. The summed E-state index contributed by atoms with van der Waals surface area (Å²) in [6, 6.07) is 0.688. The molecule has 0 radical (unpaired) electrons. The average molecular weight is 268 g/mol. The summed E-state index contributed by atoms with van der Waals surface area (Å²) in [7, 11) is 0. The van der Waals surface area contributed by atoms with E-state index in [4.69, 9.17) is 15.2 Å². The zero-order chi connectivity index (χ0) is 13.3. The van der Waals surface area contributed by atoms with E-state index < -0.39 is 0 Å². The summed E-state index contributed by atoms with van der Waals surface area (Å²) in [5.74, 6) is 1.30. The van der Waals surface area contributed by atoms with Gasteiger partial charge >= 0.3 is 0 Å². The fourth-order valence-electron chi connectivity index (χ4n) is 4.12. The SMILES string of the molecule is CC1CCC(CN)C(N2CCC3(CC2)OCCO3)C1. The van der Waals surface area contributed by atoms with Gasteiger partial charge in [-0.3, -0.25) is 4.90 Å². The van der Waals surface area contributed by atoms with Crippen molar-refractivity contribution in [2.24, 2.45) is 17.6 Å². The minimum Gasteiger partial charge on any atom is -0.347 e. The smallest absolute Gasteiger partial charge is 0.170 e. The molecule has 110 valence electrons. The van der Waals surface area contributed by atoms with Gasteiger partial charge in [-0.25, -0.2) is 0 Å². The Bertz CT molecular complexity index is 295. The lowest BCUT2D eigenvalue weighted by atomic mass is 9.77. The Morgan fingerprint density at radius 3 is 2.47 bits per heavy atom. The average Bonchev–Trinajstić information content (AvgIpc) is 2.88. The van der Waals surface area contributed by atoms with Crippen LogP contribution < -0.4 is 5.73 Å². The lowest BCUT2D eigenvalue weighted by Gasteiger charge is -2.46. The van der Waals surface area contributed by atoms with Crippen LogP contribution in [0.1, 0.15) is 39.0 Å². The van der Waals surface area contributed by atoms with Gasteiger partial charge in [0.15, 0.2) is 5.79 Å². The predicted octanol–water partition coefficient (Wildman–Crippen LogP) is 1.59. The van der Waals surface area contributed by atoms with Crippen molar-refractivity contribution in [2.75, 3.05) is 32.8 Å². The van der Waals surface area contributed by atoms with Gasteiger partial charge in [-0.1, -0.05) is 13.3 Å². The third-order valence-corrected chi connectivity index (χ3v) is 5.36. The summed E-state index contributed by atoms with van der Waals surface area (Å²) in [6.07, 6.45) is 6.01. The molecule has 2 aliphatic heterocycles. The monoisotopic (exact) mass is 268 g/mol. The van der Waals surface area contributed by atoms with Crippen molar-refractivity contribution in [3.63, 3.8) is 0 Å². The highest BCUT2D eigenvalue weighted by Gasteiger charge is 2.42. The summed E-state index contributed by atoms with van der Waals surface area (Å²) in [5, 5.41) is 0. The third kappa shape index (κ3) is 2.82. The van der Waals surface area contributed by atoms with E-state index >= 15 is 0 Å². The molecule has 0 aromatic carbocycles. The summed E-state index contributed by atoms with van der Waals surface area (Å²) in [4.78, 5) is 2.66. The lowest BCUT2D eigenvalue weighted by molar-refractivity contribution is -0.190. The van der Waals surface area contributed by atoms with E-state index in [-0.39, 0.29) is 5.79 Å². The van der Waals surface area contributed by atoms with Gasteiger partial charge in [0, 0.05) is 32.0 Å². The van der Waals surface area contributed by atoms with Crippen LogP contribution in [0.2, 0.25) is 0 Å². The zero-order valence-corrected chi connectivity index (χ0v) is 12.1. The Morgan fingerprint density at radius 1 is 1.16 bits per heavy atom. The maximum absolute atomic E-state index is 5.99. The van der Waals surface area contributed by atoms with Crippen molar-refractivity contribution >= 4 is 0 Å². The van der Waals surface area contributed by atoms with Crippen molar-refractivity contribution in [3.05, 3.63) is 0 Å². The van der Waals surface area contributed by atoms with Gasteiger partial charge in [0.25, 0.3) is 0 Å². The van der Waals surface area contributed by atoms with E-state index in [0.29, 0.717) is 12.0 Å². The molecule has 4 nitrogen and oxygen atoms in total. The van der Waals surface area contributed by atoms with E-state index in [1.807, 2.05) is 0 Å². The van der Waals surface area contributed by atoms with Gasteiger partial charge < -0.3 is 15.2 Å².